The molecule has 12 heavy (non-hydrogen) atoms. The molecule has 0 aromatic heterocycles. The zero-order valence-electron chi connectivity index (χ0n) is 7.88. The maximum atomic E-state index is 3.49. The van der Waals surface area contributed by atoms with Crippen LogP contribution in [0, 0.1) is 5.92 Å². The Morgan fingerprint density at radius 2 is 2.25 bits per heavy atom. The van der Waals surface area contributed by atoms with Gasteiger partial charge in [-0.15, -0.1) is 0 Å². The van der Waals surface area contributed by atoms with Gasteiger partial charge in [-0.3, -0.25) is 0 Å². The lowest BCUT2D eigenvalue weighted by Gasteiger charge is -2.21. The van der Waals surface area contributed by atoms with Gasteiger partial charge in [-0.1, -0.05) is 12.8 Å². The molecule has 0 amide bonds. The van der Waals surface area contributed by atoms with Gasteiger partial charge in [0.05, 0.1) is 0 Å². The van der Waals surface area contributed by atoms with Crippen molar-refractivity contribution in [2.75, 3.05) is 12.8 Å². The van der Waals surface area contributed by atoms with Crippen molar-refractivity contribution in [3.05, 3.63) is 0 Å². The van der Waals surface area contributed by atoms with E-state index in [1.807, 2.05) is 0 Å². The Bertz CT molecular complexity index is 139. The van der Waals surface area contributed by atoms with Gasteiger partial charge >= 0.3 is 0 Å². The highest BCUT2D eigenvalue weighted by Crippen LogP contribution is 2.38. The van der Waals surface area contributed by atoms with Gasteiger partial charge in [-0.05, 0) is 38.0 Å². The second-order valence-electron chi connectivity index (χ2n) is 4.13. The van der Waals surface area contributed by atoms with E-state index >= 15 is 0 Å². The predicted octanol–water partition coefficient (Wildman–Crippen LogP) is 2.27. The first-order valence-corrected chi connectivity index (χ1v) is 6.24. The average Bonchev–Trinajstić information content (AvgIpc) is 2.74. The molecule has 1 N–H and O–H groups in total. The minimum Gasteiger partial charge on any atom is -0.316 e. The lowest BCUT2D eigenvalue weighted by atomic mass is 10.0. The maximum Gasteiger partial charge on any atom is 0.0201 e. The van der Waals surface area contributed by atoms with Crippen LogP contribution in [0.15, 0.2) is 0 Å². The van der Waals surface area contributed by atoms with E-state index in [-0.39, 0.29) is 0 Å². The highest BCUT2D eigenvalue weighted by Gasteiger charge is 2.30. The summed E-state index contributed by atoms with van der Waals surface area (Å²) in [6, 6.07) is 0.810. The molecule has 1 heterocycles. The molecule has 1 saturated carbocycles. The normalized spacial score (nSPS) is 32.2. The highest BCUT2D eigenvalue weighted by molar-refractivity contribution is 8.00. The maximum absolute atomic E-state index is 3.49. The molecule has 0 bridgehead atoms. The molecule has 2 fully saturated rings. The van der Waals surface area contributed by atoms with E-state index < -0.39 is 0 Å². The Kier molecular flexibility index (Phi) is 2.97. The average molecular weight is 185 g/mol. The SMILES string of the molecule is CNC(CC1CC1)C1CCCS1. The molecule has 2 unspecified atom stereocenters. The topological polar surface area (TPSA) is 12.0 Å². The second-order valence-corrected chi connectivity index (χ2v) is 5.47. The lowest BCUT2D eigenvalue weighted by Crippen LogP contribution is -2.34. The van der Waals surface area contributed by atoms with E-state index in [1.54, 1.807) is 0 Å². The van der Waals surface area contributed by atoms with Crippen LogP contribution < -0.4 is 5.32 Å². The molecule has 0 aromatic carbocycles. The van der Waals surface area contributed by atoms with Crippen LogP contribution in [0.3, 0.4) is 0 Å². The Morgan fingerprint density at radius 3 is 2.75 bits per heavy atom. The van der Waals surface area contributed by atoms with Gasteiger partial charge in [0.15, 0.2) is 0 Å². The molecule has 1 aliphatic heterocycles. The summed E-state index contributed by atoms with van der Waals surface area (Å²) < 4.78 is 0. The molecule has 2 heteroatoms. The monoisotopic (exact) mass is 185 g/mol. The van der Waals surface area contributed by atoms with Crippen molar-refractivity contribution in [2.24, 2.45) is 5.92 Å². The molecule has 2 atom stereocenters. The highest BCUT2D eigenvalue weighted by atomic mass is 32.2. The number of rotatable bonds is 4. The number of hydrogen-bond acceptors (Lipinski definition) is 2. The van der Waals surface area contributed by atoms with E-state index in [2.05, 4.69) is 24.1 Å². The van der Waals surface area contributed by atoms with Crippen molar-refractivity contribution in [2.45, 2.75) is 43.4 Å². The summed E-state index contributed by atoms with van der Waals surface area (Å²) in [5, 5.41) is 4.42. The molecule has 2 rings (SSSR count). The quantitative estimate of drug-likeness (QED) is 0.721. The molecular formula is C10H19NS. The molecule has 1 nitrogen and oxygen atoms in total. The van der Waals surface area contributed by atoms with E-state index in [0.717, 1.165) is 17.2 Å². The summed E-state index contributed by atoms with van der Waals surface area (Å²) in [5.74, 6) is 2.47. The van der Waals surface area contributed by atoms with Crippen LogP contribution in [0.1, 0.15) is 32.1 Å². The Labute approximate surface area is 79.7 Å². The minimum absolute atomic E-state index is 0.810. The number of thioether (sulfide) groups is 1. The molecule has 2 aliphatic rings. The van der Waals surface area contributed by atoms with Crippen LogP contribution in [-0.4, -0.2) is 24.1 Å². The van der Waals surface area contributed by atoms with Crippen LogP contribution in [0.5, 0.6) is 0 Å². The molecule has 1 saturated heterocycles. The summed E-state index contributed by atoms with van der Waals surface area (Å²) >= 11 is 2.18. The van der Waals surface area contributed by atoms with Crippen molar-refractivity contribution in [3.63, 3.8) is 0 Å². The van der Waals surface area contributed by atoms with Gasteiger partial charge in [0, 0.05) is 11.3 Å². The van der Waals surface area contributed by atoms with E-state index in [4.69, 9.17) is 0 Å². The first-order valence-electron chi connectivity index (χ1n) is 5.19. The summed E-state index contributed by atoms with van der Waals surface area (Å²) in [6.07, 6.45) is 7.32. The van der Waals surface area contributed by atoms with Gasteiger partial charge < -0.3 is 5.32 Å². The van der Waals surface area contributed by atoms with Crippen molar-refractivity contribution in [1.29, 1.82) is 0 Å². The van der Waals surface area contributed by atoms with Gasteiger partial charge in [-0.2, -0.15) is 11.8 Å². The van der Waals surface area contributed by atoms with Crippen LogP contribution in [0.4, 0.5) is 0 Å². The minimum atomic E-state index is 0.810. The van der Waals surface area contributed by atoms with Gasteiger partial charge in [0.2, 0.25) is 0 Å². The third-order valence-electron chi connectivity index (χ3n) is 3.07. The fraction of sp³-hybridized carbons (Fsp3) is 1.00. The van der Waals surface area contributed by atoms with Crippen molar-refractivity contribution < 1.29 is 0 Å². The Balaban J connectivity index is 1.78. The van der Waals surface area contributed by atoms with Crippen LogP contribution in [-0.2, 0) is 0 Å². The van der Waals surface area contributed by atoms with Gasteiger partial charge in [-0.25, -0.2) is 0 Å². The van der Waals surface area contributed by atoms with E-state index in [0.29, 0.717) is 0 Å². The van der Waals surface area contributed by atoms with Crippen molar-refractivity contribution >= 4 is 11.8 Å². The standard InChI is InChI=1S/C10H19NS/c1-11-9(7-8-4-5-8)10-3-2-6-12-10/h8-11H,2-7H2,1H3. The molecule has 0 aromatic rings. The van der Waals surface area contributed by atoms with Gasteiger partial charge in [0.25, 0.3) is 0 Å². The smallest absolute Gasteiger partial charge is 0.0201 e. The van der Waals surface area contributed by atoms with Crippen LogP contribution >= 0.6 is 11.8 Å². The summed E-state index contributed by atoms with van der Waals surface area (Å²) in [7, 11) is 2.13. The first kappa shape index (κ1) is 8.89. The zero-order valence-corrected chi connectivity index (χ0v) is 8.70. The summed E-state index contributed by atoms with van der Waals surface area (Å²) in [6.45, 7) is 0. The van der Waals surface area contributed by atoms with Crippen LogP contribution in [0.2, 0.25) is 0 Å². The summed E-state index contributed by atoms with van der Waals surface area (Å²) in [5.41, 5.74) is 0. The number of nitrogens with one attached hydrogen (secondary N) is 1. The number of hydrogen-bond donors (Lipinski definition) is 1. The Morgan fingerprint density at radius 1 is 1.42 bits per heavy atom. The van der Waals surface area contributed by atoms with E-state index in [1.165, 1.54) is 37.9 Å². The molecule has 1 aliphatic carbocycles. The first-order chi connectivity index (χ1) is 5.90. The largest absolute Gasteiger partial charge is 0.316 e. The Hall–Kier alpha value is 0.310. The predicted molar refractivity (Wildman–Crippen MR) is 55.7 cm³/mol. The van der Waals surface area contributed by atoms with Gasteiger partial charge in [0.1, 0.15) is 0 Å². The third-order valence-corrected chi connectivity index (χ3v) is 4.59. The molecule has 0 radical (unpaired) electrons. The summed E-state index contributed by atoms with van der Waals surface area (Å²) in [4.78, 5) is 0. The van der Waals surface area contributed by atoms with Crippen LogP contribution in [0.25, 0.3) is 0 Å². The molecule has 70 valence electrons. The third kappa shape index (κ3) is 2.17. The van der Waals surface area contributed by atoms with Crippen molar-refractivity contribution in [1.82, 2.24) is 5.32 Å². The van der Waals surface area contributed by atoms with Crippen molar-refractivity contribution in [3.8, 4) is 0 Å². The van der Waals surface area contributed by atoms with E-state index in [9.17, 15) is 0 Å². The fourth-order valence-corrected chi connectivity index (χ4v) is 3.54. The lowest BCUT2D eigenvalue weighted by molar-refractivity contribution is 0.469. The molecule has 0 spiro atoms. The fourth-order valence-electron chi connectivity index (χ4n) is 2.09. The zero-order chi connectivity index (χ0) is 8.39. The second kappa shape index (κ2) is 4.01. The molecular weight excluding hydrogens is 166 g/mol.